The average molecular weight is 517 g/mol. The molecule has 200 valence electrons. The van der Waals surface area contributed by atoms with E-state index in [-0.39, 0.29) is 23.3 Å². The summed E-state index contributed by atoms with van der Waals surface area (Å²) in [6, 6.07) is 13.5. The van der Waals surface area contributed by atoms with E-state index < -0.39 is 5.82 Å². The lowest BCUT2D eigenvalue weighted by Crippen LogP contribution is -2.41. The number of piperidine rings is 1. The molecule has 4 aromatic rings. The van der Waals surface area contributed by atoms with E-state index in [9.17, 15) is 5.11 Å². The lowest BCUT2D eigenvalue weighted by Gasteiger charge is -2.38. The van der Waals surface area contributed by atoms with Gasteiger partial charge in [-0.2, -0.15) is 9.97 Å². The van der Waals surface area contributed by atoms with Gasteiger partial charge in [-0.3, -0.25) is 0 Å². The molecule has 1 aliphatic heterocycles. The van der Waals surface area contributed by atoms with Gasteiger partial charge in [0.1, 0.15) is 17.1 Å². The highest BCUT2D eigenvalue weighted by molar-refractivity contribution is 6.02. The minimum atomic E-state index is -0.421. The van der Waals surface area contributed by atoms with Crippen LogP contribution in [0, 0.1) is 18.7 Å². The van der Waals surface area contributed by atoms with E-state index in [4.69, 9.17) is 9.72 Å². The monoisotopic (exact) mass is 516 g/mol. The molecule has 0 unspecified atom stereocenters. The van der Waals surface area contributed by atoms with Crippen LogP contribution >= 0.6 is 0 Å². The summed E-state index contributed by atoms with van der Waals surface area (Å²) in [6.07, 6.45) is 3.04. The van der Waals surface area contributed by atoms with Gasteiger partial charge in [0.2, 0.25) is 0 Å². The Balaban J connectivity index is 1.70. The van der Waals surface area contributed by atoms with Gasteiger partial charge in [-0.15, -0.1) is 0 Å². The Hall–Kier alpha value is -3.45. The van der Waals surface area contributed by atoms with Gasteiger partial charge >= 0.3 is 6.01 Å². The van der Waals surface area contributed by atoms with Gasteiger partial charge in [0.05, 0.1) is 6.61 Å². The smallest absolute Gasteiger partial charge is 0.319 e. The maximum Gasteiger partial charge on any atom is 0.319 e. The van der Waals surface area contributed by atoms with Gasteiger partial charge in [-0.25, -0.2) is 4.39 Å². The topological polar surface area (TPSA) is 61.7 Å². The molecule has 5 rings (SSSR count). The first-order valence-corrected chi connectivity index (χ1v) is 13.5. The van der Waals surface area contributed by atoms with Crippen LogP contribution in [0.5, 0.6) is 11.8 Å². The predicted octanol–water partition coefficient (Wildman–Crippen LogP) is 6.56. The molecule has 1 aliphatic rings. The fourth-order valence-corrected chi connectivity index (χ4v) is 5.56. The number of benzene rings is 3. The highest BCUT2D eigenvalue weighted by Crippen LogP contribution is 2.41. The SMILES string of the molecule is Cc1cc2c(N3C[C@@H](C)CC[C@@H]3C)nc(OCCCN(C)C)nc2c(F)c1-c1cc(O)cc2ccccc12. The predicted molar refractivity (Wildman–Crippen MR) is 153 cm³/mol. The molecule has 6 nitrogen and oxygen atoms in total. The number of hydrogen-bond acceptors (Lipinski definition) is 6. The minimum Gasteiger partial charge on any atom is -0.508 e. The molecule has 38 heavy (non-hydrogen) atoms. The zero-order valence-electron chi connectivity index (χ0n) is 23.0. The van der Waals surface area contributed by atoms with Crippen LogP contribution in [0.4, 0.5) is 10.2 Å². The molecule has 0 radical (unpaired) electrons. The third kappa shape index (κ3) is 5.12. The van der Waals surface area contributed by atoms with Crippen LogP contribution in [-0.2, 0) is 0 Å². The number of aromatic nitrogens is 2. The Morgan fingerprint density at radius 2 is 1.87 bits per heavy atom. The van der Waals surface area contributed by atoms with Gasteiger partial charge in [0.15, 0.2) is 5.82 Å². The van der Waals surface area contributed by atoms with Crippen molar-refractivity contribution in [3.63, 3.8) is 0 Å². The molecule has 1 aromatic heterocycles. The van der Waals surface area contributed by atoms with Gasteiger partial charge in [0, 0.05) is 30.1 Å². The number of aryl methyl sites for hydroxylation is 1. The van der Waals surface area contributed by atoms with Crippen molar-refractivity contribution in [2.45, 2.75) is 46.1 Å². The Kier molecular flexibility index (Phi) is 7.39. The molecule has 0 spiro atoms. The van der Waals surface area contributed by atoms with Crippen molar-refractivity contribution in [1.29, 1.82) is 0 Å². The van der Waals surface area contributed by atoms with Gasteiger partial charge in [0.25, 0.3) is 0 Å². The Morgan fingerprint density at radius 3 is 2.66 bits per heavy atom. The van der Waals surface area contributed by atoms with Gasteiger partial charge in [-0.05, 0) is 93.2 Å². The van der Waals surface area contributed by atoms with Crippen LogP contribution in [0.15, 0.2) is 42.5 Å². The second-order valence-corrected chi connectivity index (χ2v) is 11.0. The maximum atomic E-state index is 16.6. The first kappa shape index (κ1) is 26.2. The molecule has 1 saturated heterocycles. The van der Waals surface area contributed by atoms with E-state index in [0.29, 0.717) is 29.0 Å². The Bertz CT molecular complexity index is 1470. The lowest BCUT2D eigenvalue weighted by molar-refractivity contribution is 0.264. The number of phenols is 1. The first-order valence-electron chi connectivity index (χ1n) is 13.5. The van der Waals surface area contributed by atoms with E-state index in [2.05, 4.69) is 28.6 Å². The van der Waals surface area contributed by atoms with Crippen LogP contribution in [0.25, 0.3) is 32.8 Å². The quantitative estimate of drug-likeness (QED) is 0.281. The lowest BCUT2D eigenvalue weighted by atomic mass is 9.92. The second kappa shape index (κ2) is 10.7. The summed E-state index contributed by atoms with van der Waals surface area (Å²) in [5.74, 6) is 0.924. The normalized spacial score (nSPS) is 18.0. The van der Waals surface area contributed by atoms with E-state index in [0.717, 1.165) is 54.5 Å². The van der Waals surface area contributed by atoms with Crippen molar-refractivity contribution < 1.29 is 14.2 Å². The Morgan fingerprint density at radius 1 is 1.08 bits per heavy atom. The summed E-state index contributed by atoms with van der Waals surface area (Å²) in [4.78, 5) is 13.8. The number of rotatable bonds is 7. The highest BCUT2D eigenvalue weighted by Gasteiger charge is 2.28. The maximum absolute atomic E-state index is 16.6. The van der Waals surface area contributed by atoms with Crippen molar-refractivity contribution in [3.8, 4) is 22.9 Å². The molecule has 3 aromatic carbocycles. The van der Waals surface area contributed by atoms with Crippen LogP contribution in [0.1, 0.15) is 38.7 Å². The number of hydrogen-bond donors (Lipinski definition) is 1. The summed E-state index contributed by atoms with van der Waals surface area (Å²) >= 11 is 0. The molecule has 1 fully saturated rings. The third-order valence-corrected chi connectivity index (χ3v) is 7.57. The number of fused-ring (bicyclic) bond motifs is 2. The number of halogens is 1. The second-order valence-electron chi connectivity index (χ2n) is 11.0. The van der Waals surface area contributed by atoms with Gasteiger partial charge < -0.3 is 19.6 Å². The summed E-state index contributed by atoms with van der Waals surface area (Å²) in [5.41, 5.74) is 2.10. The number of nitrogens with zero attached hydrogens (tertiary/aromatic N) is 4. The molecule has 0 amide bonds. The third-order valence-electron chi connectivity index (χ3n) is 7.57. The van der Waals surface area contributed by atoms with Crippen LogP contribution < -0.4 is 9.64 Å². The molecule has 1 N–H and O–H groups in total. The zero-order valence-corrected chi connectivity index (χ0v) is 23.0. The fraction of sp³-hybridized carbons (Fsp3) is 0.419. The van der Waals surface area contributed by atoms with Crippen molar-refractivity contribution in [3.05, 3.63) is 53.8 Å². The van der Waals surface area contributed by atoms with E-state index in [1.165, 1.54) is 0 Å². The molecular formula is C31H37FN4O2. The van der Waals surface area contributed by atoms with Crippen LogP contribution in [0.3, 0.4) is 0 Å². The number of anilines is 1. The van der Waals surface area contributed by atoms with E-state index >= 15 is 4.39 Å². The standard InChI is InChI=1S/C31H37FN4O2/c1-19-11-12-21(3)36(18-19)30-26-15-20(2)27(25-17-23(37)16-22-9-6-7-10-24(22)25)28(32)29(26)33-31(34-30)38-14-8-13-35(4)5/h6-7,9-10,15-17,19,21,37H,8,11-14,18H2,1-5H3/t19-,21-/m0/s1. The number of aromatic hydroxyl groups is 1. The largest absolute Gasteiger partial charge is 0.508 e. The molecule has 0 saturated carbocycles. The van der Waals surface area contributed by atoms with Crippen molar-refractivity contribution >= 4 is 27.5 Å². The molecular weight excluding hydrogens is 479 g/mol. The molecule has 2 heterocycles. The van der Waals surface area contributed by atoms with E-state index in [1.807, 2.05) is 51.4 Å². The fourth-order valence-electron chi connectivity index (χ4n) is 5.56. The number of ether oxygens (including phenoxy) is 1. The van der Waals surface area contributed by atoms with Gasteiger partial charge in [-0.1, -0.05) is 31.2 Å². The van der Waals surface area contributed by atoms with Crippen molar-refractivity contribution in [2.75, 3.05) is 38.7 Å². The average Bonchev–Trinajstić information content (AvgIpc) is 2.88. The molecule has 2 atom stereocenters. The highest BCUT2D eigenvalue weighted by atomic mass is 19.1. The first-order chi connectivity index (χ1) is 18.2. The summed E-state index contributed by atoms with van der Waals surface area (Å²) in [6.45, 7) is 8.54. The number of phenolic OH excluding ortho intramolecular Hbond substituents is 1. The minimum absolute atomic E-state index is 0.0991. The van der Waals surface area contributed by atoms with Crippen molar-refractivity contribution in [1.82, 2.24) is 14.9 Å². The van der Waals surface area contributed by atoms with Crippen LogP contribution in [0.2, 0.25) is 0 Å². The van der Waals surface area contributed by atoms with Crippen molar-refractivity contribution in [2.24, 2.45) is 5.92 Å². The summed E-state index contributed by atoms with van der Waals surface area (Å²) in [7, 11) is 4.04. The summed E-state index contributed by atoms with van der Waals surface area (Å²) < 4.78 is 22.6. The molecule has 0 bridgehead atoms. The summed E-state index contributed by atoms with van der Waals surface area (Å²) in [5, 5.41) is 12.9. The molecule has 7 heteroatoms. The Labute approximate surface area is 224 Å². The van der Waals surface area contributed by atoms with Crippen LogP contribution in [-0.4, -0.2) is 59.8 Å². The van der Waals surface area contributed by atoms with E-state index in [1.54, 1.807) is 12.1 Å². The zero-order chi connectivity index (χ0) is 27.0. The molecule has 0 aliphatic carbocycles.